The standard InChI is InChI=1S/C18H24O4/c1-14(22-15(2)19)8-6-4-5-7-9-18(20)16-10-12-17(21-3)13-11-16/h8,10-13H,4-7,9H2,1-3H3/b14-8+. The number of carbonyl (C=O) groups is 2. The number of Topliss-reactive ketones (excluding diaryl/α,β-unsaturated/α-hetero) is 1. The van der Waals surface area contributed by atoms with Crippen LogP contribution < -0.4 is 4.74 Å². The van der Waals surface area contributed by atoms with Crippen molar-refractivity contribution in [3.8, 4) is 5.75 Å². The molecule has 0 aliphatic carbocycles. The average Bonchev–Trinajstić information content (AvgIpc) is 2.49. The molecule has 0 heterocycles. The van der Waals surface area contributed by atoms with Crippen molar-refractivity contribution in [2.45, 2.75) is 46.0 Å². The van der Waals surface area contributed by atoms with Crippen molar-refractivity contribution in [2.24, 2.45) is 0 Å². The summed E-state index contributed by atoms with van der Waals surface area (Å²) >= 11 is 0. The largest absolute Gasteiger partial charge is 0.497 e. The Morgan fingerprint density at radius 2 is 1.73 bits per heavy atom. The van der Waals surface area contributed by atoms with Crippen LogP contribution in [0.3, 0.4) is 0 Å². The molecule has 0 amide bonds. The van der Waals surface area contributed by atoms with Gasteiger partial charge in [0.05, 0.1) is 7.11 Å². The Balaban J connectivity index is 2.21. The quantitative estimate of drug-likeness (QED) is 0.295. The minimum atomic E-state index is -0.293. The predicted octanol–water partition coefficient (Wildman–Crippen LogP) is 4.30. The second-order valence-corrected chi connectivity index (χ2v) is 5.16. The lowest BCUT2D eigenvalue weighted by molar-refractivity contribution is -0.136. The maximum Gasteiger partial charge on any atom is 0.307 e. The third kappa shape index (κ3) is 7.07. The number of esters is 1. The SMILES string of the molecule is COc1ccc(C(=O)CCCCC/C=C(\C)OC(C)=O)cc1. The Morgan fingerprint density at radius 3 is 2.32 bits per heavy atom. The van der Waals surface area contributed by atoms with Crippen molar-refractivity contribution in [2.75, 3.05) is 7.11 Å². The number of benzene rings is 1. The predicted molar refractivity (Wildman–Crippen MR) is 85.9 cm³/mol. The van der Waals surface area contributed by atoms with Crippen molar-refractivity contribution in [1.29, 1.82) is 0 Å². The number of ether oxygens (including phenoxy) is 2. The monoisotopic (exact) mass is 304 g/mol. The van der Waals surface area contributed by atoms with Crippen molar-refractivity contribution in [3.05, 3.63) is 41.7 Å². The number of carbonyl (C=O) groups excluding carboxylic acids is 2. The van der Waals surface area contributed by atoms with Crippen molar-refractivity contribution in [1.82, 2.24) is 0 Å². The van der Waals surface area contributed by atoms with Gasteiger partial charge in [0.1, 0.15) is 11.5 Å². The zero-order valence-corrected chi connectivity index (χ0v) is 13.6. The van der Waals surface area contributed by atoms with Crippen LogP contribution >= 0.6 is 0 Å². The molecule has 0 aliphatic rings. The van der Waals surface area contributed by atoms with Gasteiger partial charge in [0.15, 0.2) is 5.78 Å². The summed E-state index contributed by atoms with van der Waals surface area (Å²) < 4.78 is 10.00. The Labute approximate surface area is 132 Å². The van der Waals surface area contributed by atoms with Gasteiger partial charge >= 0.3 is 5.97 Å². The highest BCUT2D eigenvalue weighted by molar-refractivity contribution is 5.96. The van der Waals surface area contributed by atoms with Crippen LogP contribution in [0.1, 0.15) is 56.3 Å². The molecule has 0 radical (unpaired) electrons. The number of rotatable bonds is 9. The Hall–Kier alpha value is -2.10. The van der Waals surface area contributed by atoms with Crippen LogP contribution in [0.25, 0.3) is 0 Å². The van der Waals surface area contributed by atoms with Crippen LogP contribution in [-0.2, 0) is 9.53 Å². The van der Waals surface area contributed by atoms with Crippen LogP contribution in [-0.4, -0.2) is 18.9 Å². The zero-order valence-electron chi connectivity index (χ0n) is 13.6. The van der Waals surface area contributed by atoms with E-state index in [1.807, 2.05) is 6.08 Å². The van der Waals surface area contributed by atoms with E-state index in [-0.39, 0.29) is 11.8 Å². The first-order valence-corrected chi connectivity index (χ1v) is 7.55. The fourth-order valence-corrected chi connectivity index (χ4v) is 2.10. The maximum absolute atomic E-state index is 12.0. The Morgan fingerprint density at radius 1 is 1.05 bits per heavy atom. The van der Waals surface area contributed by atoms with E-state index in [1.165, 1.54) is 6.92 Å². The summed E-state index contributed by atoms with van der Waals surface area (Å²) in [4.78, 5) is 22.7. The minimum absolute atomic E-state index is 0.161. The molecule has 1 aromatic carbocycles. The number of allylic oxidation sites excluding steroid dienone is 2. The van der Waals surface area contributed by atoms with E-state index in [9.17, 15) is 9.59 Å². The highest BCUT2D eigenvalue weighted by Crippen LogP contribution is 2.14. The van der Waals surface area contributed by atoms with Gasteiger partial charge in [-0.3, -0.25) is 9.59 Å². The molecule has 4 heteroatoms. The van der Waals surface area contributed by atoms with Gasteiger partial charge in [-0.05, 0) is 56.5 Å². The van der Waals surface area contributed by atoms with Gasteiger partial charge in [-0.25, -0.2) is 0 Å². The number of hydrogen-bond donors (Lipinski definition) is 0. The summed E-state index contributed by atoms with van der Waals surface area (Å²) in [6.45, 7) is 3.16. The molecule has 0 saturated heterocycles. The second kappa shape index (κ2) is 9.77. The van der Waals surface area contributed by atoms with Crippen LogP contribution in [0.15, 0.2) is 36.1 Å². The summed E-state index contributed by atoms with van der Waals surface area (Å²) in [6, 6.07) is 7.20. The van der Waals surface area contributed by atoms with Crippen LogP contribution in [0.5, 0.6) is 5.75 Å². The van der Waals surface area contributed by atoms with E-state index < -0.39 is 0 Å². The summed E-state index contributed by atoms with van der Waals surface area (Å²) in [7, 11) is 1.61. The lowest BCUT2D eigenvalue weighted by atomic mass is 10.0. The zero-order chi connectivity index (χ0) is 16.4. The molecule has 120 valence electrons. The molecule has 1 rings (SSSR count). The molecule has 0 spiro atoms. The molecule has 22 heavy (non-hydrogen) atoms. The molecule has 0 fully saturated rings. The van der Waals surface area contributed by atoms with E-state index in [4.69, 9.17) is 9.47 Å². The van der Waals surface area contributed by atoms with Gasteiger partial charge in [0, 0.05) is 18.9 Å². The van der Waals surface area contributed by atoms with Crippen LogP contribution in [0, 0.1) is 0 Å². The van der Waals surface area contributed by atoms with Gasteiger partial charge in [-0.1, -0.05) is 6.42 Å². The molecule has 4 nitrogen and oxygen atoms in total. The van der Waals surface area contributed by atoms with Crippen molar-refractivity contribution >= 4 is 11.8 Å². The van der Waals surface area contributed by atoms with E-state index in [0.29, 0.717) is 12.2 Å². The fraction of sp³-hybridized carbons (Fsp3) is 0.444. The third-order valence-corrected chi connectivity index (χ3v) is 3.26. The summed E-state index contributed by atoms with van der Waals surface area (Å²) in [6.07, 6.45) is 6.15. The minimum Gasteiger partial charge on any atom is -0.497 e. The maximum atomic E-state index is 12.0. The van der Waals surface area contributed by atoms with Crippen molar-refractivity contribution in [3.63, 3.8) is 0 Å². The molecule has 1 aromatic rings. The molecular weight excluding hydrogens is 280 g/mol. The number of ketones is 1. The first kappa shape index (κ1) is 18.0. The van der Waals surface area contributed by atoms with E-state index in [2.05, 4.69) is 0 Å². The molecule has 0 aromatic heterocycles. The van der Waals surface area contributed by atoms with Gasteiger partial charge in [0.25, 0.3) is 0 Å². The second-order valence-electron chi connectivity index (χ2n) is 5.16. The molecule has 0 unspecified atom stereocenters. The van der Waals surface area contributed by atoms with Gasteiger partial charge < -0.3 is 9.47 Å². The summed E-state index contributed by atoms with van der Waals surface area (Å²) in [5, 5.41) is 0. The molecule has 0 saturated carbocycles. The topological polar surface area (TPSA) is 52.6 Å². The molecule has 0 aliphatic heterocycles. The van der Waals surface area contributed by atoms with Crippen molar-refractivity contribution < 1.29 is 19.1 Å². The molecule has 0 bridgehead atoms. The van der Waals surface area contributed by atoms with Gasteiger partial charge in [-0.2, -0.15) is 0 Å². The number of methoxy groups -OCH3 is 1. The fourth-order valence-electron chi connectivity index (χ4n) is 2.10. The summed E-state index contributed by atoms with van der Waals surface area (Å²) in [5.41, 5.74) is 0.728. The number of unbranched alkanes of at least 4 members (excludes halogenated alkanes) is 3. The summed E-state index contributed by atoms with van der Waals surface area (Å²) in [5.74, 6) is 1.27. The highest BCUT2D eigenvalue weighted by atomic mass is 16.5. The van der Waals surface area contributed by atoms with Crippen LogP contribution in [0.2, 0.25) is 0 Å². The Kier molecular flexibility index (Phi) is 7.97. The first-order valence-electron chi connectivity index (χ1n) is 7.55. The molecular formula is C18H24O4. The van der Waals surface area contributed by atoms with Crippen LogP contribution in [0.4, 0.5) is 0 Å². The Bertz CT molecular complexity index is 514. The average molecular weight is 304 g/mol. The van der Waals surface area contributed by atoms with Gasteiger partial charge in [0.2, 0.25) is 0 Å². The van der Waals surface area contributed by atoms with E-state index >= 15 is 0 Å². The highest BCUT2D eigenvalue weighted by Gasteiger charge is 2.05. The normalized spacial score (nSPS) is 11.1. The first-order chi connectivity index (χ1) is 10.5. The van der Waals surface area contributed by atoms with E-state index in [0.717, 1.165) is 37.0 Å². The smallest absolute Gasteiger partial charge is 0.307 e. The van der Waals surface area contributed by atoms with Gasteiger partial charge in [-0.15, -0.1) is 0 Å². The lowest BCUT2D eigenvalue weighted by Gasteiger charge is -2.03. The lowest BCUT2D eigenvalue weighted by Crippen LogP contribution is -1.99. The number of hydrogen-bond acceptors (Lipinski definition) is 4. The van der Waals surface area contributed by atoms with E-state index in [1.54, 1.807) is 38.3 Å². The third-order valence-electron chi connectivity index (χ3n) is 3.26. The molecule has 0 N–H and O–H groups in total. The molecule has 0 atom stereocenters.